The van der Waals surface area contributed by atoms with Gasteiger partial charge in [0.1, 0.15) is 5.82 Å². The normalized spacial score (nSPS) is 25.8. The topological polar surface area (TPSA) is 202 Å². The van der Waals surface area contributed by atoms with E-state index in [9.17, 15) is 23.1 Å². The first-order valence-corrected chi connectivity index (χ1v) is 22.9. The number of anilines is 2. The summed E-state index contributed by atoms with van der Waals surface area (Å²) < 4.78 is 41.0. The molecule has 4 N–H and O–H groups in total. The third kappa shape index (κ3) is 7.93. The molecule has 1 aliphatic heterocycles. The fourth-order valence-electron chi connectivity index (χ4n) is 12.0. The second-order valence-electron chi connectivity index (χ2n) is 18.3. The molecule has 1 aromatic carbocycles. The number of carboxylic acid groups (broad SMARTS) is 1. The molecule has 60 heavy (non-hydrogen) atoms. The van der Waals surface area contributed by atoms with Gasteiger partial charge >= 0.3 is 5.97 Å². The molecule has 17 heteroatoms. The summed E-state index contributed by atoms with van der Waals surface area (Å²) in [6, 6.07) is 13.2. The zero-order chi connectivity index (χ0) is 42.1. The van der Waals surface area contributed by atoms with Crippen LogP contribution in [0.15, 0.2) is 54.9 Å². The van der Waals surface area contributed by atoms with E-state index >= 15 is 0 Å². The number of hydrogen-bond acceptors (Lipinski definition) is 12. The molecular formula is C43H50N8O7S2. The molecule has 10 rings (SSSR count). The fourth-order valence-corrected chi connectivity index (χ4v) is 13.2. The highest BCUT2D eigenvalue weighted by atomic mass is 32.2. The number of pyridine rings is 2. The smallest absolute Gasteiger partial charge is 0.355 e. The maximum atomic E-state index is 13.6. The summed E-state index contributed by atoms with van der Waals surface area (Å²) in [7, 11) is -4.02. The van der Waals surface area contributed by atoms with Crippen LogP contribution >= 0.6 is 11.3 Å². The van der Waals surface area contributed by atoms with E-state index in [0.717, 1.165) is 65.6 Å². The van der Waals surface area contributed by atoms with Crippen LogP contribution in [0.25, 0.3) is 21.5 Å². The first kappa shape index (κ1) is 40.6. The van der Waals surface area contributed by atoms with E-state index in [-0.39, 0.29) is 45.7 Å². The van der Waals surface area contributed by atoms with Crippen LogP contribution in [0.1, 0.15) is 90.0 Å². The molecule has 15 nitrogen and oxygen atoms in total. The molecule has 5 aromatic rings. The minimum absolute atomic E-state index is 0.0520. The summed E-state index contributed by atoms with van der Waals surface area (Å²) in [6.45, 7) is 9.55. The molecule has 2 atom stereocenters. The molecule has 4 saturated carbocycles. The molecule has 0 radical (unpaired) electrons. The summed E-state index contributed by atoms with van der Waals surface area (Å²) in [6.07, 6.45) is 10.2. The standard InChI is InChI=1S/C43H50N8O7S2/c1-27-31(18-46-51(27)26-42-21-40(2)20-41(3,22-42)24-43(23-40,25-42)58-16-13-44-14-17-60(55,56)57)29-9-10-34(47-35(29)38(53)54)50-15-11-28-6-4-7-30(32(28)19-50)37(52)49-39-48-36-33(59-39)8-5-12-45-36/h4-10,12,18,44H,11,13-17,19-26H2,1-3H3,(H,53,54)(H,55,56,57)(H,45,48,49,52). The van der Waals surface area contributed by atoms with Crippen molar-refractivity contribution >= 4 is 54.6 Å². The van der Waals surface area contributed by atoms with E-state index in [2.05, 4.69) is 34.4 Å². The van der Waals surface area contributed by atoms with Crippen molar-refractivity contribution in [1.82, 2.24) is 30.0 Å². The molecule has 1 amide bonds. The molecule has 5 heterocycles. The van der Waals surface area contributed by atoms with Crippen LogP contribution in [0, 0.1) is 23.2 Å². The zero-order valence-electron chi connectivity index (χ0n) is 34.0. The van der Waals surface area contributed by atoms with Crippen LogP contribution in [0.5, 0.6) is 0 Å². The molecule has 4 fully saturated rings. The molecule has 0 spiro atoms. The van der Waals surface area contributed by atoms with Crippen LogP contribution in [0.4, 0.5) is 10.9 Å². The lowest BCUT2D eigenvalue weighted by atomic mass is 9.39. The maximum absolute atomic E-state index is 13.6. The highest BCUT2D eigenvalue weighted by Crippen LogP contribution is 2.72. The lowest BCUT2D eigenvalue weighted by molar-refractivity contribution is -0.247. The van der Waals surface area contributed by atoms with Crippen LogP contribution in [-0.4, -0.2) is 92.3 Å². The van der Waals surface area contributed by atoms with Gasteiger partial charge in [-0.15, -0.1) is 0 Å². The maximum Gasteiger partial charge on any atom is 0.355 e. The second kappa shape index (κ2) is 15.0. The summed E-state index contributed by atoms with van der Waals surface area (Å²) in [5.74, 6) is -1.21. The number of carbonyl (C=O) groups excluding carboxylic acids is 1. The number of hydrogen-bond donors (Lipinski definition) is 4. The second-order valence-corrected chi connectivity index (χ2v) is 20.9. The van der Waals surface area contributed by atoms with E-state index in [1.807, 2.05) is 52.9 Å². The number of aromatic carboxylic acids is 1. The van der Waals surface area contributed by atoms with Crippen LogP contribution in [0.3, 0.4) is 0 Å². The van der Waals surface area contributed by atoms with Gasteiger partial charge in [0.2, 0.25) is 0 Å². The first-order chi connectivity index (χ1) is 28.5. The van der Waals surface area contributed by atoms with Crippen molar-refractivity contribution in [2.75, 3.05) is 42.2 Å². The Bertz CT molecular complexity index is 2570. The van der Waals surface area contributed by atoms with E-state index in [1.54, 1.807) is 18.5 Å². The van der Waals surface area contributed by atoms with Crippen LogP contribution in [-0.2, 0) is 34.4 Å². The van der Waals surface area contributed by atoms with Crippen molar-refractivity contribution in [2.24, 2.45) is 16.2 Å². The number of aromatic nitrogens is 5. The van der Waals surface area contributed by atoms with Gasteiger partial charge in [-0.3, -0.25) is 19.3 Å². The van der Waals surface area contributed by atoms with Gasteiger partial charge in [-0.05, 0) is 110 Å². The average Bonchev–Trinajstić information content (AvgIpc) is 3.75. The molecule has 316 valence electrons. The number of ether oxygens (including phenoxy) is 1. The Kier molecular flexibility index (Phi) is 10.1. The number of fused-ring (bicyclic) bond motifs is 2. The minimum Gasteiger partial charge on any atom is -0.476 e. The summed E-state index contributed by atoms with van der Waals surface area (Å²) in [5.41, 5.74) is 4.96. The van der Waals surface area contributed by atoms with E-state index in [1.165, 1.54) is 11.3 Å². The minimum atomic E-state index is -4.02. The van der Waals surface area contributed by atoms with Gasteiger partial charge in [-0.1, -0.05) is 37.3 Å². The van der Waals surface area contributed by atoms with E-state index < -0.39 is 16.1 Å². The average molecular weight is 855 g/mol. The van der Waals surface area contributed by atoms with Crippen LogP contribution in [0.2, 0.25) is 0 Å². The predicted molar refractivity (Wildman–Crippen MR) is 228 cm³/mol. The quantitative estimate of drug-likeness (QED) is 0.0709. The molecule has 4 aliphatic carbocycles. The van der Waals surface area contributed by atoms with Crippen molar-refractivity contribution < 1.29 is 32.4 Å². The fraction of sp³-hybridized carbons (Fsp3) is 0.488. The third-order valence-electron chi connectivity index (χ3n) is 13.1. The Morgan fingerprint density at radius 1 is 0.967 bits per heavy atom. The lowest BCUT2D eigenvalue weighted by Crippen LogP contribution is -2.64. The Morgan fingerprint density at radius 3 is 2.52 bits per heavy atom. The van der Waals surface area contributed by atoms with E-state index in [0.29, 0.717) is 66.9 Å². The van der Waals surface area contributed by atoms with Gasteiger partial charge in [0.05, 0.1) is 28.9 Å². The van der Waals surface area contributed by atoms with Crippen molar-refractivity contribution in [1.29, 1.82) is 0 Å². The number of amides is 1. The van der Waals surface area contributed by atoms with Crippen molar-refractivity contribution in [3.05, 3.63) is 82.9 Å². The molecule has 2 unspecified atom stereocenters. The van der Waals surface area contributed by atoms with Gasteiger partial charge in [0, 0.05) is 61.3 Å². The molecular weight excluding hydrogens is 805 g/mol. The number of thiazole rings is 1. The van der Waals surface area contributed by atoms with Gasteiger partial charge in [-0.25, -0.2) is 14.8 Å². The number of carboxylic acids is 1. The molecule has 4 aromatic heterocycles. The van der Waals surface area contributed by atoms with Gasteiger partial charge in [-0.2, -0.15) is 18.5 Å². The highest BCUT2D eigenvalue weighted by molar-refractivity contribution is 7.85. The van der Waals surface area contributed by atoms with Gasteiger partial charge in [0.15, 0.2) is 16.5 Å². The molecule has 4 bridgehead atoms. The third-order valence-corrected chi connectivity index (χ3v) is 14.7. The first-order valence-electron chi connectivity index (χ1n) is 20.5. The highest BCUT2D eigenvalue weighted by Gasteiger charge is 2.66. The van der Waals surface area contributed by atoms with E-state index in [4.69, 9.17) is 19.4 Å². The van der Waals surface area contributed by atoms with Gasteiger partial charge < -0.3 is 20.1 Å². The van der Waals surface area contributed by atoms with Crippen LogP contribution < -0.4 is 15.5 Å². The number of nitrogens with one attached hydrogen (secondary N) is 2. The monoisotopic (exact) mass is 854 g/mol. The van der Waals surface area contributed by atoms with Crippen molar-refractivity contribution in [3.63, 3.8) is 0 Å². The van der Waals surface area contributed by atoms with Crippen molar-refractivity contribution in [2.45, 2.75) is 84.4 Å². The van der Waals surface area contributed by atoms with Gasteiger partial charge in [0.25, 0.3) is 16.0 Å². The summed E-state index contributed by atoms with van der Waals surface area (Å²) in [4.78, 5) is 42.0. The number of carbonyl (C=O) groups is 2. The van der Waals surface area contributed by atoms with Crippen molar-refractivity contribution in [3.8, 4) is 11.1 Å². The SMILES string of the molecule is Cc1c(-c2ccc(N3CCc4cccc(C(=O)Nc5nc6ncccc6s5)c4C3)nc2C(=O)O)cnn1CC12CC3(C)CC(C)(C1)CC(OCCNCCS(=O)(=O)O)(C3)C2. The Morgan fingerprint density at radius 2 is 1.77 bits per heavy atom. The number of rotatable bonds is 14. The Balaban J connectivity index is 0.924. The molecule has 0 saturated heterocycles. The Hall–Kier alpha value is -4.81. The summed E-state index contributed by atoms with van der Waals surface area (Å²) in [5, 5.41) is 21.9. The number of nitrogens with zero attached hydrogens (tertiary/aromatic N) is 6. The number of benzene rings is 1. The lowest BCUT2D eigenvalue weighted by Gasteiger charge is -2.69. The predicted octanol–water partition coefficient (Wildman–Crippen LogP) is 6.38. The molecule has 5 aliphatic rings. The largest absolute Gasteiger partial charge is 0.476 e. The zero-order valence-corrected chi connectivity index (χ0v) is 35.7. The Labute approximate surface area is 352 Å². The summed E-state index contributed by atoms with van der Waals surface area (Å²) >= 11 is 1.37.